The average molecular weight is 348 g/mol. The van der Waals surface area contributed by atoms with E-state index < -0.39 is 11.6 Å². The third-order valence-electron chi connectivity index (χ3n) is 2.38. The lowest BCUT2D eigenvalue weighted by Crippen LogP contribution is -2.20. The molecule has 0 saturated heterocycles. The number of thiophene rings is 1. The molecular weight excluding hydrogens is 336 g/mol. The number of rotatable bonds is 6. The van der Waals surface area contributed by atoms with Crippen molar-refractivity contribution in [1.82, 2.24) is 5.32 Å². The summed E-state index contributed by atoms with van der Waals surface area (Å²) in [6.45, 7) is 1.58. The molecule has 0 atom stereocenters. The Balaban J connectivity index is 1.76. The van der Waals surface area contributed by atoms with Gasteiger partial charge in [-0.2, -0.15) is 4.39 Å². The van der Waals surface area contributed by atoms with Crippen LogP contribution in [0.4, 0.5) is 8.78 Å². The zero-order chi connectivity index (χ0) is 13.7. The second-order valence-electron chi connectivity index (χ2n) is 3.80. The van der Waals surface area contributed by atoms with Gasteiger partial charge in [0.25, 0.3) is 0 Å². The van der Waals surface area contributed by atoms with Crippen LogP contribution in [-0.4, -0.2) is 13.2 Å². The quantitative estimate of drug-likeness (QED) is 0.630. The molecule has 0 amide bonds. The van der Waals surface area contributed by atoms with Crippen LogP contribution in [0.15, 0.2) is 34.1 Å². The molecule has 0 aliphatic rings. The van der Waals surface area contributed by atoms with E-state index in [-0.39, 0.29) is 12.4 Å². The maximum absolute atomic E-state index is 13.4. The number of ether oxygens (including phenoxy) is 1. The Morgan fingerprint density at radius 2 is 2.16 bits per heavy atom. The van der Waals surface area contributed by atoms with E-state index in [1.165, 1.54) is 10.9 Å². The van der Waals surface area contributed by atoms with E-state index in [2.05, 4.69) is 21.2 Å². The zero-order valence-corrected chi connectivity index (χ0v) is 12.4. The summed E-state index contributed by atoms with van der Waals surface area (Å²) in [6.07, 6.45) is 0. The van der Waals surface area contributed by atoms with Crippen LogP contribution in [0.2, 0.25) is 0 Å². The van der Waals surface area contributed by atoms with E-state index in [1.54, 1.807) is 11.3 Å². The molecule has 1 N–H and O–H groups in total. The van der Waals surface area contributed by atoms with Gasteiger partial charge in [0.05, 0.1) is 0 Å². The van der Waals surface area contributed by atoms with Crippen LogP contribution >= 0.6 is 27.3 Å². The molecule has 0 spiro atoms. The van der Waals surface area contributed by atoms with Crippen LogP contribution in [0.25, 0.3) is 0 Å². The summed E-state index contributed by atoms with van der Waals surface area (Å²) < 4.78 is 32.1. The number of hydrogen-bond acceptors (Lipinski definition) is 3. The molecule has 19 heavy (non-hydrogen) atoms. The first-order valence-corrected chi connectivity index (χ1v) is 7.34. The molecule has 6 heteroatoms. The van der Waals surface area contributed by atoms with Crippen LogP contribution in [0.3, 0.4) is 0 Å². The molecule has 1 heterocycles. The van der Waals surface area contributed by atoms with E-state index in [0.717, 1.165) is 12.6 Å². The van der Waals surface area contributed by atoms with Crippen molar-refractivity contribution in [3.8, 4) is 5.75 Å². The van der Waals surface area contributed by atoms with Crippen LogP contribution < -0.4 is 10.1 Å². The van der Waals surface area contributed by atoms with Gasteiger partial charge in [0, 0.05) is 22.4 Å². The molecule has 0 bridgehead atoms. The topological polar surface area (TPSA) is 21.3 Å². The molecule has 0 unspecified atom stereocenters. The summed E-state index contributed by atoms with van der Waals surface area (Å²) in [5.74, 6) is -1.96. The van der Waals surface area contributed by atoms with Gasteiger partial charge in [0.2, 0.25) is 5.82 Å². The van der Waals surface area contributed by atoms with Crippen LogP contribution in [0.1, 0.15) is 4.88 Å². The largest absolute Gasteiger partial charge is 0.489 e. The Kier molecular flexibility index (Phi) is 5.30. The summed E-state index contributed by atoms with van der Waals surface area (Å²) in [6, 6.07) is 6.49. The first kappa shape index (κ1) is 14.4. The second-order valence-corrected chi connectivity index (χ2v) is 5.75. The summed E-state index contributed by atoms with van der Waals surface area (Å²) in [5.41, 5.74) is 0. The second kappa shape index (κ2) is 6.98. The molecule has 102 valence electrons. The molecule has 2 aromatic rings. The molecule has 1 aromatic heterocycles. The number of nitrogens with one attached hydrogen (secondary N) is 1. The summed E-state index contributed by atoms with van der Waals surface area (Å²) in [4.78, 5) is 1.22. The Bertz CT molecular complexity index is 534. The molecule has 0 radical (unpaired) electrons. The Hall–Kier alpha value is -0.980. The van der Waals surface area contributed by atoms with E-state index in [0.29, 0.717) is 11.0 Å². The minimum Gasteiger partial charge on any atom is -0.489 e. The van der Waals surface area contributed by atoms with E-state index >= 15 is 0 Å². The highest BCUT2D eigenvalue weighted by Gasteiger charge is 2.10. The number of benzene rings is 1. The lowest BCUT2D eigenvalue weighted by molar-refractivity contribution is 0.292. The normalized spacial score (nSPS) is 10.7. The Morgan fingerprint density at radius 1 is 1.32 bits per heavy atom. The summed E-state index contributed by atoms with van der Waals surface area (Å²) in [7, 11) is 0. The molecule has 0 aliphatic heterocycles. The molecule has 1 aromatic carbocycles. The lowest BCUT2D eigenvalue weighted by Gasteiger charge is -2.09. The average Bonchev–Trinajstić information content (AvgIpc) is 2.87. The molecule has 2 nitrogen and oxygen atoms in total. The summed E-state index contributed by atoms with van der Waals surface area (Å²) in [5, 5.41) is 5.17. The van der Waals surface area contributed by atoms with Crippen molar-refractivity contribution in [2.75, 3.05) is 13.2 Å². The van der Waals surface area contributed by atoms with Gasteiger partial charge in [-0.1, -0.05) is 22.0 Å². The van der Waals surface area contributed by atoms with E-state index in [1.807, 2.05) is 17.5 Å². The Morgan fingerprint density at radius 3 is 2.89 bits per heavy atom. The van der Waals surface area contributed by atoms with Gasteiger partial charge < -0.3 is 10.1 Å². The van der Waals surface area contributed by atoms with Gasteiger partial charge in [-0.15, -0.1) is 11.3 Å². The van der Waals surface area contributed by atoms with Crippen molar-refractivity contribution in [1.29, 1.82) is 0 Å². The van der Waals surface area contributed by atoms with Gasteiger partial charge in [-0.3, -0.25) is 0 Å². The molecule has 2 rings (SSSR count). The van der Waals surface area contributed by atoms with Crippen LogP contribution in [-0.2, 0) is 6.54 Å². The molecule has 0 fully saturated rings. The third kappa shape index (κ3) is 4.26. The third-order valence-corrected chi connectivity index (χ3v) is 3.71. The predicted octanol–water partition coefficient (Wildman–Crippen LogP) is 3.96. The standard InChI is InChI=1S/C13H12BrF2NOS/c14-9-6-11(15)13(16)12(7-9)18-4-3-17-8-10-2-1-5-19-10/h1-2,5-7,17H,3-4,8H2. The van der Waals surface area contributed by atoms with Crippen molar-refractivity contribution >= 4 is 27.3 Å². The monoisotopic (exact) mass is 347 g/mol. The van der Waals surface area contributed by atoms with E-state index in [4.69, 9.17) is 4.74 Å². The minimum atomic E-state index is -0.957. The smallest absolute Gasteiger partial charge is 0.200 e. The van der Waals surface area contributed by atoms with Gasteiger partial charge in [-0.05, 0) is 23.6 Å². The molecule has 0 saturated carbocycles. The molecule has 0 aliphatic carbocycles. The van der Waals surface area contributed by atoms with Crippen molar-refractivity contribution < 1.29 is 13.5 Å². The van der Waals surface area contributed by atoms with Gasteiger partial charge in [0.1, 0.15) is 6.61 Å². The first-order valence-electron chi connectivity index (χ1n) is 5.67. The summed E-state index contributed by atoms with van der Waals surface area (Å²) >= 11 is 4.76. The Labute approximate surface area is 122 Å². The van der Waals surface area contributed by atoms with Crippen molar-refractivity contribution in [2.24, 2.45) is 0 Å². The SMILES string of the molecule is Fc1cc(Br)cc(OCCNCc2cccs2)c1F. The van der Waals surface area contributed by atoms with E-state index in [9.17, 15) is 8.78 Å². The maximum Gasteiger partial charge on any atom is 0.200 e. The molecular formula is C13H12BrF2NOS. The van der Waals surface area contributed by atoms with Gasteiger partial charge in [0.15, 0.2) is 11.6 Å². The van der Waals surface area contributed by atoms with Crippen LogP contribution in [0.5, 0.6) is 5.75 Å². The predicted molar refractivity (Wildman–Crippen MR) is 75.6 cm³/mol. The number of halogens is 3. The first-order chi connectivity index (χ1) is 9.16. The fourth-order valence-corrected chi connectivity index (χ4v) is 2.58. The van der Waals surface area contributed by atoms with Gasteiger partial charge >= 0.3 is 0 Å². The highest BCUT2D eigenvalue weighted by atomic mass is 79.9. The fourth-order valence-electron chi connectivity index (χ4n) is 1.50. The zero-order valence-electron chi connectivity index (χ0n) is 9.96. The lowest BCUT2D eigenvalue weighted by atomic mass is 10.3. The van der Waals surface area contributed by atoms with Gasteiger partial charge in [-0.25, -0.2) is 4.39 Å². The van der Waals surface area contributed by atoms with Crippen molar-refractivity contribution in [2.45, 2.75) is 6.54 Å². The van der Waals surface area contributed by atoms with Crippen molar-refractivity contribution in [3.63, 3.8) is 0 Å². The fraction of sp³-hybridized carbons (Fsp3) is 0.231. The van der Waals surface area contributed by atoms with Crippen LogP contribution in [0, 0.1) is 11.6 Å². The number of hydrogen-bond donors (Lipinski definition) is 1. The highest BCUT2D eigenvalue weighted by molar-refractivity contribution is 9.10. The highest BCUT2D eigenvalue weighted by Crippen LogP contribution is 2.25. The maximum atomic E-state index is 13.4. The minimum absolute atomic E-state index is 0.0789. The van der Waals surface area contributed by atoms with Crippen molar-refractivity contribution in [3.05, 3.63) is 50.6 Å².